The molecular weight excluding hydrogens is 346 g/mol. The molecule has 0 aromatic rings. The summed E-state index contributed by atoms with van der Waals surface area (Å²) in [6.07, 6.45) is 12.3. The van der Waals surface area contributed by atoms with Gasteiger partial charge in [0.1, 0.15) is 18.8 Å². The fourth-order valence-electron chi connectivity index (χ4n) is 2.85. The van der Waals surface area contributed by atoms with Crippen LogP contribution in [-0.2, 0) is 14.3 Å². The van der Waals surface area contributed by atoms with Crippen molar-refractivity contribution >= 4 is 11.9 Å². The van der Waals surface area contributed by atoms with Crippen molar-refractivity contribution in [1.29, 1.82) is 0 Å². The third-order valence-electron chi connectivity index (χ3n) is 4.60. The lowest BCUT2D eigenvalue weighted by molar-refractivity contribution is -0.151. The Kier molecular flexibility index (Phi) is 17.5. The standard InChI is InChI=1S/C21H41NO5/c1-3-5-7-8-9-10-11-12-13-15-20(25)22-19(14-6-4-2)21(26)27-17-18(24)16-23/h18-19,23-24H,3-17H2,1-2H3,(H,22,25). The number of hydrogen-bond acceptors (Lipinski definition) is 5. The number of esters is 1. The number of aliphatic hydroxyl groups is 2. The molecule has 0 radical (unpaired) electrons. The predicted molar refractivity (Wildman–Crippen MR) is 107 cm³/mol. The Bertz CT molecular complexity index is 376. The predicted octanol–water partition coefficient (Wildman–Crippen LogP) is 3.48. The van der Waals surface area contributed by atoms with Crippen LogP contribution < -0.4 is 5.32 Å². The molecule has 0 aromatic carbocycles. The molecule has 6 nitrogen and oxygen atoms in total. The van der Waals surface area contributed by atoms with E-state index in [1.54, 1.807) is 0 Å². The van der Waals surface area contributed by atoms with Gasteiger partial charge in [0.05, 0.1) is 6.61 Å². The van der Waals surface area contributed by atoms with E-state index in [1.807, 2.05) is 6.92 Å². The number of carbonyl (C=O) groups is 2. The number of ether oxygens (including phenoxy) is 1. The molecule has 0 rings (SSSR count). The lowest BCUT2D eigenvalue weighted by atomic mass is 10.1. The molecule has 0 fully saturated rings. The summed E-state index contributed by atoms with van der Waals surface area (Å²) in [6.45, 7) is 3.52. The van der Waals surface area contributed by atoms with Gasteiger partial charge in [0.2, 0.25) is 5.91 Å². The van der Waals surface area contributed by atoms with Gasteiger partial charge in [-0.2, -0.15) is 0 Å². The summed E-state index contributed by atoms with van der Waals surface area (Å²) in [6, 6.07) is -0.679. The van der Waals surface area contributed by atoms with E-state index in [9.17, 15) is 14.7 Å². The number of carbonyl (C=O) groups excluding carboxylic acids is 2. The quantitative estimate of drug-likeness (QED) is 0.247. The Labute approximate surface area is 165 Å². The fourth-order valence-corrected chi connectivity index (χ4v) is 2.85. The number of rotatable bonds is 18. The van der Waals surface area contributed by atoms with Gasteiger partial charge in [0, 0.05) is 6.42 Å². The van der Waals surface area contributed by atoms with E-state index in [-0.39, 0.29) is 12.5 Å². The third-order valence-corrected chi connectivity index (χ3v) is 4.60. The van der Waals surface area contributed by atoms with Crippen molar-refractivity contribution in [3.63, 3.8) is 0 Å². The molecule has 27 heavy (non-hydrogen) atoms. The molecule has 0 saturated carbocycles. The van der Waals surface area contributed by atoms with E-state index in [0.717, 1.165) is 32.1 Å². The van der Waals surface area contributed by atoms with Crippen LogP contribution >= 0.6 is 0 Å². The molecule has 2 atom stereocenters. The number of unbranched alkanes of at least 4 members (excludes halogenated alkanes) is 9. The van der Waals surface area contributed by atoms with Crippen LogP contribution in [-0.4, -0.2) is 47.4 Å². The first-order valence-electron chi connectivity index (χ1n) is 10.8. The molecule has 0 aromatic heterocycles. The van der Waals surface area contributed by atoms with Crippen molar-refractivity contribution in [2.45, 2.75) is 109 Å². The smallest absolute Gasteiger partial charge is 0.328 e. The highest BCUT2D eigenvalue weighted by atomic mass is 16.5. The number of aliphatic hydroxyl groups excluding tert-OH is 2. The molecule has 0 saturated heterocycles. The highest BCUT2D eigenvalue weighted by Gasteiger charge is 2.22. The Morgan fingerprint density at radius 1 is 0.889 bits per heavy atom. The topological polar surface area (TPSA) is 95.9 Å². The van der Waals surface area contributed by atoms with Crippen LogP contribution in [0.5, 0.6) is 0 Å². The largest absolute Gasteiger partial charge is 0.461 e. The van der Waals surface area contributed by atoms with Gasteiger partial charge in [-0.1, -0.05) is 78.1 Å². The zero-order chi connectivity index (χ0) is 20.3. The van der Waals surface area contributed by atoms with E-state index in [2.05, 4.69) is 12.2 Å². The van der Waals surface area contributed by atoms with Gasteiger partial charge < -0.3 is 20.3 Å². The van der Waals surface area contributed by atoms with Crippen LogP contribution in [0.25, 0.3) is 0 Å². The molecule has 0 aliphatic heterocycles. The molecule has 160 valence electrons. The second-order valence-corrected chi connectivity index (χ2v) is 7.31. The normalized spacial score (nSPS) is 13.2. The molecule has 0 aliphatic carbocycles. The zero-order valence-corrected chi connectivity index (χ0v) is 17.4. The summed E-state index contributed by atoms with van der Waals surface area (Å²) in [7, 11) is 0. The van der Waals surface area contributed by atoms with Crippen molar-refractivity contribution in [1.82, 2.24) is 5.32 Å². The van der Waals surface area contributed by atoms with E-state index in [0.29, 0.717) is 12.8 Å². The van der Waals surface area contributed by atoms with E-state index >= 15 is 0 Å². The molecule has 1 amide bonds. The van der Waals surface area contributed by atoms with Crippen molar-refractivity contribution < 1.29 is 24.5 Å². The van der Waals surface area contributed by atoms with Gasteiger partial charge in [0.15, 0.2) is 0 Å². The summed E-state index contributed by atoms with van der Waals surface area (Å²) in [5, 5.41) is 20.8. The van der Waals surface area contributed by atoms with Crippen LogP contribution in [0, 0.1) is 0 Å². The van der Waals surface area contributed by atoms with Crippen molar-refractivity contribution in [3.8, 4) is 0 Å². The molecule has 0 bridgehead atoms. The van der Waals surface area contributed by atoms with Gasteiger partial charge in [-0.05, 0) is 12.8 Å². The Hall–Kier alpha value is -1.14. The lowest BCUT2D eigenvalue weighted by Crippen LogP contribution is -2.42. The monoisotopic (exact) mass is 387 g/mol. The minimum Gasteiger partial charge on any atom is -0.461 e. The fraction of sp³-hybridized carbons (Fsp3) is 0.905. The van der Waals surface area contributed by atoms with Crippen LogP contribution in [0.3, 0.4) is 0 Å². The average molecular weight is 388 g/mol. The maximum atomic E-state index is 12.1. The first-order valence-corrected chi connectivity index (χ1v) is 10.8. The molecule has 6 heteroatoms. The first-order chi connectivity index (χ1) is 13.0. The van der Waals surface area contributed by atoms with Crippen LogP contribution in [0.4, 0.5) is 0 Å². The average Bonchev–Trinajstić information content (AvgIpc) is 2.67. The molecule has 0 aliphatic rings. The molecule has 0 heterocycles. The van der Waals surface area contributed by atoms with E-state index < -0.39 is 24.7 Å². The maximum Gasteiger partial charge on any atom is 0.328 e. The minimum absolute atomic E-state index is 0.126. The summed E-state index contributed by atoms with van der Waals surface area (Å²) < 4.78 is 4.99. The van der Waals surface area contributed by atoms with Gasteiger partial charge >= 0.3 is 5.97 Å². The molecule has 2 unspecified atom stereocenters. The number of hydrogen-bond donors (Lipinski definition) is 3. The highest BCUT2D eigenvalue weighted by Crippen LogP contribution is 2.11. The van der Waals surface area contributed by atoms with Crippen molar-refractivity contribution in [2.75, 3.05) is 13.2 Å². The van der Waals surface area contributed by atoms with E-state index in [4.69, 9.17) is 9.84 Å². The van der Waals surface area contributed by atoms with Gasteiger partial charge in [-0.25, -0.2) is 4.79 Å². The number of nitrogens with one attached hydrogen (secondary N) is 1. The first kappa shape index (κ1) is 25.9. The van der Waals surface area contributed by atoms with Gasteiger partial charge in [-0.3, -0.25) is 4.79 Å². The summed E-state index contributed by atoms with van der Waals surface area (Å²) in [5.74, 6) is -0.671. The minimum atomic E-state index is -1.08. The summed E-state index contributed by atoms with van der Waals surface area (Å²) in [5.41, 5.74) is 0. The maximum absolute atomic E-state index is 12.1. The second-order valence-electron chi connectivity index (χ2n) is 7.31. The lowest BCUT2D eigenvalue weighted by Gasteiger charge is -2.18. The van der Waals surface area contributed by atoms with Crippen LogP contribution in [0.1, 0.15) is 97.3 Å². The Balaban J connectivity index is 3.98. The number of amides is 1. The van der Waals surface area contributed by atoms with Crippen LogP contribution in [0.2, 0.25) is 0 Å². The van der Waals surface area contributed by atoms with Gasteiger partial charge in [-0.15, -0.1) is 0 Å². The van der Waals surface area contributed by atoms with Crippen molar-refractivity contribution in [2.24, 2.45) is 0 Å². The molecule has 0 spiro atoms. The zero-order valence-electron chi connectivity index (χ0n) is 17.4. The van der Waals surface area contributed by atoms with Crippen molar-refractivity contribution in [3.05, 3.63) is 0 Å². The van der Waals surface area contributed by atoms with E-state index in [1.165, 1.54) is 38.5 Å². The summed E-state index contributed by atoms with van der Waals surface area (Å²) in [4.78, 5) is 24.2. The van der Waals surface area contributed by atoms with Crippen LogP contribution in [0.15, 0.2) is 0 Å². The molecular formula is C21H41NO5. The summed E-state index contributed by atoms with van der Waals surface area (Å²) >= 11 is 0. The second kappa shape index (κ2) is 18.2. The Morgan fingerprint density at radius 2 is 1.44 bits per heavy atom. The third kappa shape index (κ3) is 15.6. The highest BCUT2D eigenvalue weighted by molar-refractivity contribution is 5.84. The van der Waals surface area contributed by atoms with Gasteiger partial charge in [0.25, 0.3) is 0 Å². The molecule has 3 N–H and O–H groups in total. The SMILES string of the molecule is CCCCCCCCCCCC(=O)NC(CCCC)C(=O)OCC(O)CO. The Morgan fingerprint density at radius 3 is 2.00 bits per heavy atom.